The number of hydrogen-bond acceptors (Lipinski definition) is 9. The summed E-state index contributed by atoms with van der Waals surface area (Å²) in [7, 11) is 1.57. The summed E-state index contributed by atoms with van der Waals surface area (Å²) in [6.07, 6.45) is 0.941. The lowest BCUT2D eigenvalue weighted by Crippen LogP contribution is -2.36. The highest BCUT2D eigenvalue weighted by atomic mass is 16.5. The van der Waals surface area contributed by atoms with E-state index in [1.165, 1.54) is 5.56 Å². The van der Waals surface area contributed by atoms with Crippen molar-refractivity contribution in [1.29, 1.82) is 0 Å². The zero-order valence-electron chi connectivity index (χ0n) is 18.6. The Labute approximate surface area is 185 Å². The minimum absolute atomic E-state index is 0.274. The number of aryl methyl sites for hydroxylation is 1. The van der Waals surface area contributed by atoms with Crippen molar-refractivity contribution in [3.8, 4) is 23.1 Å². The molecule has 0 bridgehead atoms. The average molecular weight is 435 g/mol. The van der Waals surface area contributed by atoms with Gasteiger partial charge in [0.15, 0.2) is 17.1 Å². The maximum Gasteiger partial charge on any atom is 0.275 e. The zero-order valence-corrected chi connectivity index (χ0v) is 18.6. The minimum Gasteiger partial charge on any atom is -0.491 e. The lowest BCUT2D eigenvalue weighted by atomic mass is 10.0. The lowest BCUT2D eigenvalue weighted by Gasteiger charge is -2.31. The SMILES string of the molecule is COc1cc2nnc(-c3cc(C)on3)n2nc1OCc1ccc2c(n1)CCN(C(C)C)C2. The van der Waals surface area contributed by atoms with Crippen LogP contribution in [0.2, 0.25) is 0 Å². The Morgan fingerprint density at radius 2 is 2.06 bits per heavy atom. The van der Waals surface area contributed by atoms with Gasteiger partial charge in [-0.25, -0.2) is 0 Å². The number of aromatic nitrogens is 6. The van der Waals surface area contributed by atoms with Crippen LogP contribution in [0, 0.1) is 6.92 Å². The van der Waals surface area contributed by atoms with Crippen molar-refractivity contribution in [1.82, 2.24) is 34.9 Å². The third-order valence-corrected chi connectivity index (χ3v) is 5.63. The minimum atomic E-state index is 0.274. The van der Waals surface area contributed by atoms with E-state index in [2.05, 4.69) is 45.3 Å². The Balaban J connectivity index is 1.39. The summed E-state index contributed by atoms with van der Waals surface area (Å²) in [4.78, 5) is 7.28. The van der Waals surface area contributed by atoms with E-state index in [0.29, 0.717) is 40.6 Å². The second kappa shape index (κ2) is 8.19. The summed E-state index contributed by atoms with van der Waals surface area (Å²) < 4.78 is 18.2. The first-order chi connectivity index (χ1) is 15.5. The highest BCUT2D eigenvalue weighted by molar-refractivity contribution is 5.56. The highest BCUT2D eigenvalue weighted by Crippen LogP contribution is 2.28. The summed E-state index contributed by atoms with van der Waals surface area (Å²) >= 11 is 0. The summed E-state index contributed by atoms with van der Waals surface area (Å²) in [5.41, 5.74) is 4.34. The van der Waals surface area contributed by atoms with Crippen molar-refractivity contribution in [3.63, 3.8) is 0 Å². The molecular weight excluding hydrogens is 410 g/mol. The Kier molecular flexibility index (Phi) is 5.22. The Morgan fingerprint density at radius 3 is 2.81 bits per heavy atom. The van der Waals surface area contributed by atoms with E-state index >= 15 is 0 Å². The van der Waals surface area contributed by atoms with Gasteiger partial charge in [0.25, 0.3) is 5.88 Å². The molecule has 0 fully saturated rings. The number of methoxy groups -OCH3 is 1. The van der Waals surface area contributed by atoms with Crippen molar-refractivity contribution in [2.45, 2.75) is 46.4 Å². The van der Waals surface area contributed by atoms with Crippen molar-refractivity contribution in [2.75, 3.05) is 13.7 Å². The Hall–Kier alpha value is -3.53. The van der Waals surface area contributed by atoms with Crippen molar-refractivity contribution >= 4 is 5.65 Å². The number of ether oxygens (including phenoxy) is 2. The fraction of sp³-hybridized carbons (Fsp3) is 0.409. The van der Waals surface area contributed by atoms with Gasteiger partial charge in [0.2, 0.25) is 5.82 Å². The highest BCUT2D eigenvalue weighted by Gasteiger charge is 2.21. The predicted molar refractivity (Wildman–Crippen MR) is 115 cm³/mol. The maximum absolute atomic E-state index is 6.01. The standard InChI is InChI=1S/C22H25N7O3/c1-13(2)28-8-7-17-15(11-28)5-6-16(23-17)12-31-22-19(30-4)10-20-24-25-21(29(20)26-22)18-9-14(3)32-27-18/h5-6,9-10,13H,7-8,11-12H2,1-4H3. The molecule has 0 amide bonds. The van der Waals surface area contributed by atoms with E-state index in [1.54, 1.807) is 23.8 Å². The molecule has 0 radical (unpaired) electrons. The third kappa shape index (κ3) is 3.77. The van der Waals surface area contributed by atoms with E-state index in [-0.39, 0.29) is 6.61 Å². The second-order valence-corrected chi connectivity index (χ2v) is 8.15. The van der Waals surface area contributed by atoms with Crippen LogP contribution in [0.3, 0.4) is 0 Å². The number of rotatable bonds is 6. The van der Waals surface area contributed by atoms with E-state index in [9.17, 15) is 0 Å². The van der Waals surface area contributed by atoms with E-state index < -0.39 is 0 Å². The molecule has 0 spiro atoms. The summed E-state index contributed by atoms with van der Waals surface area (Å²) in [5.74, 6) is 1.94. The smallest absolute Gasteiger partial charge is 0.275 e. The molecule has 5 heterocycles. The molecule has 4 aromatic heterocycles. The summed E-state index contributed by atoms with van der Waals surface area (Å²) in [6.45, 7) is 8.50. The van der Waals surface area contributed by atoms with E-state index in [1.807, 2.05) is 13.0 Å². The van der Waals surface area contributed by atoms with Crippen LogP contribution in [0.5, 0.6) is 11.6 Å². The zero-order chi connectivity index (χ0) is 22.2. The van der Waals surface area contributed by atoms with Crippen LogP contribution in [0.25, 0.3) is 17.2 Å². The molecule has 1 aliphatic heterocycles. The number of nitrogens with zero attached hydrogens (tertiary/aromatic N) is 7. The maximum atomic E-state index is 6.01. The van der Waals surface area contributed by atoms with E-state index in [4.69, 9.17) is 19.0 Å². The fourth-order valence-corrected chi connectivity index (χ4v) is 3.82. The van der Waals surface area contributed by atoms with Gasteiger partial charge in [-0.05, 0) is 32.4 Å². The molecular formula is C22H25N7O3. The van der Waals surface area contributed by atoms with Crippen LogP contribution in [0.1, 0.15) is 36.6 Å². The molecule has 4 aromatic rings. The molecule has 0 unspecified atom stereocenters. The molecule has 0 atom stereocenters. The molecule has 10 heteroatoms. The largest absolute Gasteiger partial charge is 0.491 e. The molecule has 5 rings (SSSR count). The molecule has 0 N–H and O–H groups in total. The number of pyridine rings is 1. The first-order valence-electron chi connectivity index (χ1n) is 10.6. The van der Waals surface area contributed by atoms with Crippen LogP contribution >= 0.6 is 0 Å². The molecule has 166 valence electrons. The topological polar surface area (TPSA) is 104 Å². The van der Waals surface area contributed by atoms with Crippen LogP contribution in [-0.4, -0.2) is 54.5 Å². The molecule has 1 aliphatic rings. The van der Waals surface area contributed by atoms with Crippen molar-refractivity contribution in [3.05, 3.63) is 47.0 Å². The van der Waals surface area contributed by atoms with Crippen molar-refractivity contribution in [2.24, 2.45) is 0 Å². The third-order valence-electron chi connectivity index (χ3n) is 5.63. The van der Waals surface area contributed by atoms with Gasteiger partial charge in [0.1, 0.15) is 12.4 Å². The molecule has 32 heavy (non-hydrogen) atoms. The molecule has 0 aliphatic carbocycles. The molecule has 10 nitrogen and oxygen atoms in total. The van der Waals surface area contributed by atoms with Crippen LogP contribution in [-0.2, 0) is 19.6 Å². The normalized spacial score (nSPS) is 14.2. The Morgan fingerprint density at radius 1 is 1.19 bits per heavy atom. The molecule has 0 saturated carbocycles. The van der Waals surface area contributed by atoms with Gasteiger partial charge in [0.05, 0.1) is 12.8 Å². The second-order valence-electron chi connectivity index (χ2n) is 8.15. The van der Waals surface area contributed by atoms with Crippen LogP contribution in [0.4, 0.5) is 0 Å². The first kappa shape index (κ1) is 20.4. The predicted octanol–water partition coefficient (Wildman–Crippen LogP) is 2.84. The Bertz CT molecular complexity index is 1260. The van der Waals surface area contributed by atoms with Gasteiger partial charge in [-0.2, -0.15) is 4.52 Å². The quantitative estimate of drug-likeness (QED) is 0.452. The van der Waals surface area contributed by atoms with Gasteiger partial charge < -0.3 is 14.0 Å². The number of fused-ring (bicyclic) bond motifs is 2. The number of hydrogen-bond donors (Lipinski definition) is 0. The first-order valence-corrected chi connectivity index (χ1v) is 10.6. The molecule has 0 saturated heterocycles. The fourth-order valence-electron chi connectivity index (χ4n) is 3.82. The average Bonchev–Trinajstić information content (AvgIpc) is 3.41. The van der Waals surface area contributed by atoms with Gasteiger partial charge in [-0.1, -0.05) is 11.2 Å². The summed E-state index contributed by atoms with van der Waals surface area (Å²) in [6, 6.07) is 8.19. The van der Waals surface area contributed by atoms with Gasteiger partial charge in [0, 0.05) is 43.4 Å². The molecule has 0 aromatic carbocycles. The lowest BCUT2D eigenvalue weighted by molar-refractivity contribution is 0.201. The van der Waals surface area contributed by atoms with Crippen LogP contribution in [0.15, 0.2) is 28.8 Å². The van der Waals surface area contributed by atoms with E-state index in [0.717, 1.165) is 30.9 Å². The monoisotopic (exact) mass is 435 g/mol. The summed E-state index contributed by atoms with van der Waals surface area (Å²) in [5, 5.41) is 16.9. The van der Waals surface area contributed by atoms with Crippen LogP contribution < -0.4 is 9.47 Å². The van der Waals surface area contributed by atoms with Gasteiger partial charge in [-0.3, -0.25) is 9.88 Å². The van der Waals surface area contributed by atoms with Gasteiger partial charge >= 0.3 is 0 Å². The van der Waals surface area contributed by atoms with Crippen molar-refractivity contribution < 1.29 is 14.0 Å². The van der Waals surface area contributed by atoms with Gasteiger partial charge in [-0.15, -0.1) is 15.3 Å².